The first-order chi connectivity index (χ1) is 19.2. The van der Waals surface area contributed by atoms with Gasteiger partial charge in [-0.1, -0.05) is 50.2 Å². The average Bonchev–Trinajstić information content (AvgIpc) is 3.25. The number of nitrogens with zero attached hydrogens (tertiary/aromatic N) is 4. The monoisotopic (exact) mass is 545 g/mol. The molecule has 210 valence electrons. The molecule has 0 saturated carbocycles. The molecule has 2 N–H and O–H groups in total. The zero-order valence-electron chi connectivity index (χ0n) is 23.4. The fourth-order valence-electron chi connectivity index (χ4n) is 4.90. The SMILES string of the molecule is COc1cccc(Cn2c(C(C(C)C)N(CCCN)C(=O)c3ccccc3C)nn(-c3cccc(F)c3)c2=O)c1. The highest BCUT2D eigenvalue weighted by Crippen LogP contribution is 2.30. The topological polar surface area (TPSA) is 95.4 Å². The first-order valence-corrected chi connectivity index (χ1v) is 13.4. The van der Waals surface area contributed by atoms with Crippen molar-refractivity contribution < 1.29 is 13.9 Å². The summed E-state index contributed by atoms with van der Waals surface area (Å²) in [4.78, 5) is 29.7. The number of hydrogen-bond acceptors (Lipinski definition) is 5. The lowest BCUT2D eigenvalue weighted by Gasteiger charge is -2.34. The molecule has 1 heterocycles. The second-order valence-electron chi connectivity index (χ2n) is 10.1. The number of carbonyl (C=O) groups excluding carboxylic acids is 1. The fraction of sp³-hybridized carbons (Fsp3) is 0.323. The van der Waals surface area contributed by atoms with Gasteiger partial charge in [0.05, 0.1) is 25.4 Å². The first kappa shape index (κ1) is 28.8. The third-order valence-corrected chi connectivity index (χ3v) is 6.89. The molecule has 1 amide bonds. The van der Waals surface area contributed by atoms with Crippen LogP contribution in [0.4, 0.5) is 4.39 Å². The molecule has 0 aliphatic rings. The summed E-state index contributed by atoms with van der Waals surface area (Å²) in [5, 5.41) is 4.75. The van der Waals surface area contributed by atoms with E-state index in [0.29, 0.717) is 42.3 Å². The number of methoxy groups -OCH3 is 1. The minimum Gasteiger partial charge on any atom is -0.497 e. The Kier molecular flexibility index (Phi) is 9.16. The van der Waals surface area contributed by atoms with Gasteiger partial charge in [-0.3, -0.25) is 9.36 Å². The number of benzene rings is 3. The van der Waals surface area contributed by atoms with Crippen LogP contribution in [0.2, 0.25) is 0 Å². The van der Waals surface area contributed by atoms with Crippen molar-refractivity contribution in [3.63, 3.8) is 0 Å². The van der Waals surface area contributed by atoms with Gasteiger partial charge < -0.3 is 15.4 Å². The number of aromatic nitrogens is 3. The molecule has 1 aromatic heterocycles. The maximum atomic E-state index is 14.2. The van der Waals surface area contributed by atoms with E-state index in [1.165, 1.54) is 22.9 Å². The zero-order chi connectivity index (χ0) is 28.8. The number of hydrogen-bond donors (Lipinski definition) is 1. The van der Waals surface area contributed by atoms with E-state index in [0.717, 1.165) is 11.1 Å². The summed E-state index contributed by atoms with van der Waals surface area (Å²) in [6.45, 7) is 6.85. The Balaban J connectivity index is 1.91. The van der Waals surface area contributed by atoms with Gasteiger partial charge in [0.25, 0.3) is 5.91 Å². The van der Waals surface area contributed by atoms with E-state index in [-0.39, 0.29) is 18.4 Å². The second-order valence-corrected chi connectivity index (χ2v) is 10.1. The molecule has 0 aliphatic heterocycles. The van der Waals surface area contributed by atoms with Gasteiger partial charge in [-0.05, 0) is 73.3 Å². The molecule has 0 radical (unpaired) electrons. The molecule has 8 nitrogen and oxygen atoms in total. The quantitative estimate of drug-likeness (QED) is 0.294. The lowest BCUT2D eigenvalue weighted by molar-refractivity contribution is 0.0602. The molecule has 0 aliphatic carbocycles. The fourth-order valence-corrected chi connectivity index (χ4v) is 4.90. The van der Waals surface area contributed by atoms with Gasteiger partial charge >= 0.3 is 5.69 Å². The predicted octanol–water partition coefficient (Wildman–Crippen LogP) is 4.73. The summed E-state index contributed by atoms with van der Waals surface area (Å²) in [7, 11) is 1.58. The number of ether oxygens (including phenoxy) is 1. The second kappa shape index (κ2) is 12.7. The molecule has 0 saturated heterocycles. The summed E-state index contributed by atoms with van der Waals surface area (Å²) in [6.07, 6.45) is 0.575. The van der Waals surface area contributed by atoms with Crippen LogP contribution in [0.3, 0.4) is 0 Å². The lowest BCUT2D eigenvalue weighted by Crippen LogP contribution is -2.41. The lowest BCUT2D eigenvalue weighted by atomic mass is 9.98. The molecule has 9 heteroatoms. The minimum absolute atomic E-state index is 0.113. The average molecular weight is 546 g/mol. The Hall–Kier alpha value is -4.24. The van der Waals surface area contributed by atoms with Crippen molar-refractivity contribution in [3.05, 3.63) is 112 Å². The van der Waals surface area contributed by atoms with E-state index >= 15 is 0 Å². The van der Waals surface area contributed by atoms with Crippen LogP contribution in [0.15, 0.2) is 77.6 Å². The molecular formula is C31H36FN5O3. The summed E-state index contributed by atoms with van der Waals surface area (Å²) < 4.78 is 22.3. The van der Waals surface area contributed by atoms with E-state index < -0.39 is 17.5 Å². The zero-order valence-corrected chi connectivity index (χ0v) is 23.4. The van der Waals surface area contributed by atoms with Gasteiger partial charge in [0.1, 0.15) is 11.6 Å². The number of halogens is 1. The van der Waals surface area contributed by atoms with E-state index in [9.17, 15) is 14.0 Å². The third-order valence-electron chi connectivity index (χ3n) is 6.89. The van der Waals surface area contributed by atoms with Crippen molar-refractivity contribution in [2.45, 2.75) is 39.8 Å². The van der Waals surface area contributed by atoms with Crippen LogP contribution in [-0.4, -0.2) is 45.4 Å². The highest BCUT2D eigenvalue weighted by molar-refractivity contribution is 5.95. The normalized spacial score (nSPS) is 12.0. The maximum Gasteiger partial charge on any atom is 0.351 e. The number of aryl methyl sites for hydroxylation is 1. The Bertz CT molecular complexity index is 1530. The summed E-state index contributed by atoms with van der Waals surface area (Å²) in [5.41, 5.74) is 8.00. The molecule has 1 atom stereocenters. The third kappa shape index (κ3) is 6.15. The Morgan fingerprint density at radius 3 is 2.50 bits per heavy atom. The van der Waals surface area contributed by atoms with Crippen LogP contribution in [-0.2, 0) is 6.54 Å². The predicted molar refractivity (Wildman–Crippen MR) is 153 cm³/mol. The Labute approximate surface area is 233 Å². The van der Waals surface area contributed by atoms with Crippen molar-refractivity contribution in [3.8, 4) is 11.4 Å². The van der Waals surface area contributed by atoms with Gasteiger partial charge in [-0.25, -0.2) is 9.18 Å². The van der Waals surface area contributed by atoms with Gasteiger partial charge in [0, 0.05) is 12.1 Å². The molecule has 40 heavy (non-hydrogen) atoms. The smallest absolute Gasteiger partial charge is 0.351 e. The highest BCUT2D eigenvalue weighted by atomic mass is 19.1. The van der Waals surface area contributed by atoms with E-state index in [1.54, 1.807) is 28.7 Å². The molecule has 4 rings (SSSR count). The van der Waals surface area contributed by atoms with Crippen LogP contribution in [0.25, 0.3) is 5.69 Å². The molecule has 3 aromatic carbocycles. The van der Waals surface area contributed by atoms with Crippen molar-refractivity contribution >= 4 is 5.91 Å². The molecular weight excluding hydrogens is 509 g/mol. The maximum absolute atomic E-state index is 14.2. The van der Waals surface area contributed by atoms with Crippen molar-refractivity contribution in [1.29, 1.82) is 0 Å². The largest absolute Gasteiger partial charge is 0.497 e. The van der Waals surface area contributed by atoms with Crippen molar-refractivity contribution in [1.82, 2.24) is 19.2 Å². The van der Waals surface area contributed by atoms with Crippen LogP contribution in [0.5, 0.6) is 5.75 Å². The summed E-state index contributed by atoms with van der Waals surface area (Å²) in [6, 6.07) is 20.0. The standard InChI is InChI=1S/C31H36FN5O3/c1-21(2)28(35(17-9-16-33)30(38)27-15-6-5-10-22(27)3)29-34-37(25-13-8-12-24(32)19-25)31(39)36(29)20-23-11-7-14-26(18-23)40-4/h5-8,10-15,18-19,21,28H,9,16-17,20,33H2,1-4H3. The molecule has 0 fully saturated rings. The summed E-state index contributed by atoms with van der Waals surface area (Å²) in [5.74, 6) is 0.312. The van der Waals surface area contributed by atoms with Crippen LogP contribution in [0.1, 0.15) is 53.6 Å². The number of nitrogens with two attached hydrogens (primary N) is 1. The highest BCUT2D eigenvalue weighted by Gasteiger charge is 2.34. The van der Waals surface area contributed by atoms with Gasteiger partial charge in [0.15, 0.2) is 5.82 Å². The first-order valence-electron chi connectivity index (χ1n) is 13.4. The van der Waals surface area contributed by atoms with Crippen LogP contribution >= 0.6 is 0 Å². The van der Waals surface area contributed by atoms with Crippen LogP contribution in [0, 0.1) is 18.7 Å². The van der Waals surface area contributed by atoms with Gasteiger partial charge in [-0.15, -0.1) is 5.10 Å². The van der Waals surface area contributed by atoms with Crippen molar-refractivity contribution in [2.24, 2.45) is 11.7 Å². The number of rotatable bonds is 11. The Morgan fingerprint density at radius 2 is 1.82 bits per heavy atom. The molecule has 1 unspecified atom stereocenters. The summed E-state index contributed by atoms with van der Waals surface area (Å²) >= 11 is 0. The Morgan fingerprint density at radius 1 is 1.07 bits per heavy atom. The number of amides is 1. The van der Waals surface area contributed by atoms with E-state index in [4.69, 9.17) is 15.6 Å². The van der Waals surface area contributed by atoms with Gasteiger partial charge in [-0.2, -0.15) is 4.68 Å². The van der Waals surface area contributed by atoms with Crippen LogP contribution < -0.4 is 16.2 Å². The van der Waals surface area contributed by atoms with E-state index in [2.05, 4.69) is 0 Å². The minimum atomic E-state index is -0.563. The van der Waals surface area contributed by atoms with E-state index in [1.807, 2.05) is 63.2 Å². The molecule has 0 spiro atoms. The molecule has 4 aromatic rings. The van der Waals surface area contributed by atoms with Gasteiger partial charge in [0.2, 0.25) is 0 Å². The number of carbonyl (C=O) groups is 1. The molecule has 0 bridgehead atoms. The van der Waals surface area contributed by atoms with Crippen molar-refractivity contribution in [2.75, 3.05) is 20.2 Å².